The van der Waals surface area contributed by atoms with Crippen molar-refractivity contribution >= 4 is 33.2 Å². The van der Waals surface area contributed by atoms with E-state index in [0.717, 1.165) is 5.56 Å². The van der Waals surface area contributed by atoms with E-state index in [2.05, 4.69) is 21.2 Å². The monoisotopic (exact) mass is 336 g/mol. The molecule has 1 amide bonds. The van der Waals surface area contributed by atoms with E-state index in [4.69, 9.17) is 5.73 Å². The summed E-state index contributed by atoms with van der Waals surface area (Å²) in [7, 11) is 0. The average molecular weight is 337 g/mol. The zero-order valence-corrected chi connectivity index (χ0v) is 12.3. The van der Waals surface area contributed by atoms with Gasteiger partial charge < -0.3 is 11.1 Å². The largest absolute Gasteiger partial charge is 0.399 e. The van der Waals surface area contributed by atoms with E-state index in [9.17, 15) is 9.18 Å². The van der Waals surface area contributed by atoms with Crippen molar-refractivity contribution in [3.05, 3.63) is 58.3 Å². The molecule has 0 heterocycles. The first-order valence-corrected chi connectivity index (χ1v) is 6.94. The first-order valence-electron chi connectivity index (χ1n) is 6.14. The molecule has 0 aromatic heterocycles. The molecule has 0 aliphatic heterocycles. The number of anilines is 2. The van der Waals surface area contributed by atoms with Crippen LogP contribution < -0.4 is 11.1 Å². The summed E-state index contributed by atoms with van der Waals surface area (Å²) in [5.74, 6) is -0.699. The summed E-state index contributed by atoms with van der Waals surface area (Å²) >= 11 is 3.21. The smallest absolute Gasteiger partial charge is 0.224 e. The minimum atomic E-state index is -0.461. The number of nitrogen functional groups attached to an aromatic ring is 1. The molecule has 20 heavy (non-hydrogen) atoms. The van der Waals surface area contributed by atoms with Crippen LogP contribution in [0.2, 0.25) is 0 Å². The third-order valence-electron chi connectivity index (χ3n) is 2.82. The maximum absolute atomic E-state index is 13.6. The minimum absolute atomic E-state index is 0.171. The molecule has 2 aromatic carbocycles. The van der Waals surface area contributed by atoms with Crippen LogP contribution in [0, 0.1) is 5.82 Å². The Hall–Kier alpha value is -1.88. The van der Waals surface area contributed by atoms with Crippen LogP contribution in [-0.2, 0) is 11.2 Å². The summed E-state index contributed by atoms with van der Waals surface area (Å²) in [4.78, 5) is 11.8. The van der Waals surface area contributed by atoms with Gasteiger partial charge in [-0.2, -0.15) is 0 Å². The number of halogens is 2. The third kappa shape index (κ3) is 3.81. The Morgan fingerprint density at radius 2 is 2.00 bits per heavy atom. The maximum Gasteiger partial charge on any atom is 0.224 e. The third-order valence-corrected chi connectivity index (χ3v) is 3.48. The van der Waals surface area contributed by atoms with Gasteiger partial charge in [0.25, 0.3) is 0 Å². The van der Waals surface area contributed by atoms with Gasteiger partial charge in [0, 0.05) is 16.6 Å². The van der Waals surface area contributed by atoms with Crippen LogP contribution in [-0.4, -0.2) is 5.91 Å². The van der Waals surface area contributed by atoms with E-state index >= 15 is 0 Å². The van der Waals surface area contributed by atoms with Gasteiger partial charge in [-0.05, 0) is 52.2 Å². The summed E-state index contributed by atoms with van der Waals surface area (Å²) in [6.45, 7) is 0. The fourth-order valence-corrected chi connectivity index (χ4v) is 2.27. The number of carbonyl (C=O) groups is 1. The lowest BCUT2D eigenvalue weighted by Crippen LogP contribution is -2.14. The molecule has 0 aliphatic rings. The Kier molecular flexibility index (Phi) is 4.74. The Labute approximate surface area is 125 Å². The highest BCUT2D eigenvalue weighted by Crippen LogP contribution is 2.25. The number of carbonyl (C=O) groups excluding carboxylic acids is 1. The van der Waals surface area contributed by atoms with E-state index in [0.29, 0.717) is 16.6 Å². The van der Waals surface area contributed by atoms with E-state index < -0.39 is 5.82 Å². The van der Waals surface area contributed by atoms with Crippen LogP contribution >= 0.6 is 15.9 Å². The predicted molar refractivity (Wildman–Crippen MR) is 81.9 cm³/mol. The normalized spacial score (nSPS) is 10.3. The van der Waals surface area contributed by atoms with Gasteiger partial charge in [-0.25, -0.2) is 4.39 Å². The van der Waals surface area contributed by atoms with Gasteiger partial charge in [-0.3, -0.25) is 4.79 Å². The summed E-state index contributed by atoms with van der Waals surface area (Å²) < 4.78 is 14.1. The van der Waals surface area contributed by atoms with Gasteiger partial charge in [0.2, 0.25) is 5.91 Å². The average Bonchev–Trinajstić information content (AvgIpc) is 2.41. The first-order chi connectivity index (χ1) is 9.56. The molecule has 0 atom stereocenters. The summed E-state index contributed by atoms with van der Waals surface area (Å²) in [5.41, 5.74) is 7.49. The van der Waals surface area contributed by atoms with Crippen molar-refractivity contribution in [2.24, 2.45) is 0 Å². The van der Waals surface area contributed by atoms with Crippen LogP contribution in [0.25, 0.3) is 0 Å². The molecule has 5 heteroatoms. The highest BCUT2D eigenvalue weighted by atomic mass is 79.9. The van der Waals surface area contributed by atoms with Gasteiger partial charge in [-0.15, -0.1) is 0 Å². The minimum Gasteiger partial charge on any atom is -0.399 e. The molecule has 0 spiro atoms. The quantitative estimate of drug-likeness (QED) is 0.835. The number of hydrogen-bond donors (Lipinski definition) is 2. The van der Waals surface area contributed by atoms with Gasteiger partial charge in [0.05, 0.1) is 5.69 Å². The molecular weight excluding hydrogens is 323 g/mol. The van der Waals surface area contributed by atoms with Crippen molar-refractivity contribution in [2.75, 3.05) is 11.1 Å². The summed E-state index contributed by atoms with van der Waals surface area (Å²) in [6.07, 6.45) is 0.827. The second kappa shape index (κ2) is 6.52. The first kappa shape index (κ1) is 14.5. The zero-order valence-electron chi connectivity index (χ0n) is 10.7. The standard InChI is InChI=1S/C15H14BrFN2O/c16-12-5-2-6-13(17)15(12)19-14(20)8-7-10-3-1-4-11(18)9-10/h1-6,9H,7-8,18H2,(H,19,20). The van der Waals surface area contributed by atoms with Crippen LogP contribution in [0.3, 0.4) is 0 Å². The van der Waals surface area contributed by atoms with Crippen molar-refractivity contribution in [2.45, 2.75) is 12.8 Å². The fourth-order valence-electron chi connectivity index (χ4n) is 1.83. The SMILES string of the molecule is Nc1cccc(CCC(=O)Nc2c(F)cccc2Br)c1. The Balaban J connectivity index is 1.96. The Morgan fingerprint density at radius 3 is 2.70 bits per heavy atom. The molecule has 0 radical (unpaired) electrons. The van der Waals surface area contributed by atoms with E-state index in [1.165, 1.54) is 6.07 Å². The highest BCUT2D eigenvalue weighted by molar-refractivity contribution is 9.10. The summed E-state index contributed by atoms with van der Waals surface area (Å²) in [6, 6.07) is 11.9. The molecule has 2 rings (SSSR count). The number of para-hydroxylation sites is 1. The maximum atomic E-state index is 13.6. The molecule has 0 fully saturated rings. The number of amides is 1. The van der Waals surface area contributed by atoms with Crippen molar-refractivity contribution in [1.29, 1.82) is 0 Å². The van der Waals surface area contributed by atoms with Crippen LogP contribution in [0.4, 0.5) is 15.8 Å². The molecule has 0 bridgehead atoms. The van der Waals surface area contributed by atoms with E-state index in [-0.39, 0.29) is 18.0 Å². The Morgan fingerprint density at radius 1 is 1.25 bits per heavy atom. The van der Waals surface area contributed by atoms with Gasteiger partial charge >= 0.3 is 0 Å². The fraction of sp³-hybridized carbons (Fsp3) is 0.133. The topological polar surface area (TPSA) is 55.1 Å². The molecule has 0 saturated carbocycles. The lowest BCUT2D eigenvalue weighted by atomic mass is 10.1. The molecule has 2 aromatic rings. The summed E-state index contributed by atoms with van der Waals surface area (Å²) in [5, 5.41) is 2.57. The molecule has 104 valence electrons. The highest BCUT2D eigenvalue weighted by Gasteiger charge is 2.10. The number of benzene rings is 2. The van der Waals surface area contributed by atoms with Crippen molar-refractivity contribution in [1.82, 2.24) is 0 Å². The zero-order chi connectivity index (χ0) is 14.5. The molecule has 0 aliphatic carbocycles. The molecular formula is C15H14BrFN2O. The van der Waals surface area contributed by atoms with Crippen LogP contribution in [0.15, 0.2) is 46.9 Å². The number of nitrogens with two attached hydrogens (primary N) is 1. The van der Waals surface area contributed by atoms with Crippen LogP contribution in [0.5, 0.6) is 0 Å². The second-order valence-corrected chi connectivity index (χ2v) is 5.24. The van der Waals surface area contributed by atoms with E-state index in [1.54, 1.807) is 18.2 Å². The van der Waals surface area contributed by atoms with Gasteiger partial charge in [0.15, 0.2) is 0 Å². The van der Waals surface area contributed by atoms with E-state index in [1.807, 2.05) is 18.2 Å². The van der Waals surface area contributed by atoms with Gasteiger partial charge in [-0.1, -0.05) is 18.2 Å². The molecule has 3 N–H and O–H groups in total. The number of nitrogens with one attached hydrogen (secondary N) is 1. The number of rotatable bonds is 4. The van der Waals surface area contributed by atoms with Crippen molar-refractivity contribution in [3.63, 3.8) is 0 Å². The van der Waals surface area contributed by atoms with Crippen LogP contribution in [0.1, 0.15) is 12.0 Å². The molecule has 0 saturated heterocycles. The number of hydrogen-bond acceptors (Lipinski definition) is 2. The predicted octanol–water partition coefficient (Wildman–Crippen LogP) is 3.74. The van der Waals surface area contributed by atoms with Gasteiger partial charge in [0.1, 0.15) is 5.82 Å². The van der Waals surface area contributed by atoms with Crippen molar-refractivity contribution < 1.29 is 9.18 Å². The Bertz CT molecular complexity index is 611. The molecule has 0 unspecified atom stereocenters. The lowest BCUT2D eigenvalue weighted by molar-refractivity contribution is -0.116. The molecule has 3 nitrogen and oxygen atoms in total. The lowest BCUT2D eigenvalue weighted by Gasteiger charge is -2.08. The van der Waals surface area contributed by atoms with Crippen molar-refractivity contribution in [3.8, 4) is 0 Å². The number of aryl methyl sites for hydroxylation is 1. The second-order valence-electron chi connectivity index (χ2n) is 4.39.